The van der Waals surface area contributed by atoms with Crippen LogP contribution in [0.3, 0.4) is 0 Å². The molecule has 0 atom stereocenters. The van der Waals surface area contributed by atoms with E-state index in [-0.39, 0.29) is 5.56 Å². The van der Waals surface area contributed by atoms with E-state index in [1.807, 2.05) is 24.6 Å². The number of pyridine rings is 1. The molecule has 3 aromatic heterocycles. The minimum Gasteiger partial charge on any atom is -0.366 e. The predicted molar refractivity (Wildman–Crippen MR) is 101 cm³/mol. The molecule has 3 heterocycles. The Kier molecular flexibility index (Phi) is 4.30. The second kappa shape index (κ2) is 6.74. The van der Waals surface area contributed by atoms with E-state index in [0.717, 1.165) is 22.5 Å². The normalized spacial score (nSPS) is 15.5. The monoisotopic (exact) mass is 335 g/mol. The fourth-order valence-corrected chi connectivity index (χ4v) is 3.57. The van der Waals surface area contributed by atoms with Gasteiger partial charge in [-0.1, -0.05) is 25.3 Å². The Bertz CT molecular complexity index is 922. The maximum atomic E-state index is 11.2. The Balaban J connectivity index is 1.66. The molecule has 0 amide bonds. The van der Waals surface area contributed by atoms with Gasteiger partial charge in [0.2, 0.25) is 5.56 Å². The Hall–Kier alpha value is -2.57. The highest BCUT2D eigenvalue weighted by atomic mass is 16.1. The van der Waals surface area contributed by atoms with Gasteiger partial charge in [0.15, 0.2) is 5.65 Å². The molecule has 0 aromatic carbocycles. The third kappa shape index (κ3) is 3.31. The van der Waals surface area contributed by atoms with Crippen LogP contribution < -0.4 is 16.3 Å². The maximum absolute atomic E-state index is 11.2. The van der Waals surface area contributed by atoms with Crippen molar-refractivity contribution in [2.45, 2.75) is 44.6 Å². The Morgan fingerprint density at radius 2 is 2.12 bits per heavy atom. The molecule has 4 rings (SSSR count). The molecule has 0 saturated heterocycles. The van der Waals surface area contributed by atoms with Crippen LogP contribution in [0.4, 0.5) is 5.82 Å². The largest absolute Gasteiger partial charge is 0.366 e. The maximum Gasteiger partial charge on any atom is 0.247 e. The molecule has 1 saturated carbocycles. The van der Waals surface area contributed by atoms with Gasteiger partial charge in [0.05, 0.1) is 0 Å². The number of anilines is 1. The van der Waals surface area contributed by atoms with Crippen LogP contribution in [0.2, 0.25) is 0 Å². The first-order chi connectivity index (χ1) is 12.2. The molecule has 0 aliphatic heterocycles. The smallest absolute Gasteiger partial charge is 0.247 e. The number of nitrogens with one attached hydrogen (secondary N) is 2. The predicted octanol–water partition coefficient (Wildman–Crippen LogP) is 1.34. The van der Waals surface area contributed by atoms with Gasteiger partial charge in [-0.15, -0.1) is 0 Å². The first kappa shape index (κ1) is 15.9. The fourth-order valence-electron chi connectivity index (χ4n) is 3.57. The van der Waals surface area contributed by atoms with Gasteiger partial charge in [-0.3, -0.25) is 4.79 Å². The van der Waals surface area contributed by atoms with Gasteiger partial charge in [-0.05, 0) is 23.9 Å². The van der Waals surface area contributed by atoms with Crippen LogP contribution >= 0.6 is 0 Å². The molecule has 0 radical (unpaired) electrons. The standard InChI is InChI=1S/C18H22BN5O/c19-14-11-22-24-16(20-9-12-6-7-17(25)21-10-12)8-15(23-18(14)24)13-4-2-1-3-5-13/h6-8,10-11,13,20H,1-5,9,19H2,(H,21,25). The number of rotatable bonds is 4. The Labute approximate surface area is 147 Å². The zero-order chi connectivity index (χ0) is 17.2. The second-order valence-electron chi connectivity index (χ2n) is 6.88. The number of fused-ring (bicyclic) bond motifs is 1. The van der Waals surface area contributed by atoms with E-state index in [9.17, 15) is 4.79 Å². The van der Waals surface area contributed by atoms with Crippen molar-refractivity contribution in [3.63, 3.8) is 0 Å². The molecule has 1 aliphatic rings. The van der Waals surface area contributed by atoms with Crippen molar-refractivity contribution >= 4 is 24.8 Å². The lowest BCUT2D eigenvalue weighted by molar-refractivity contribution is 0.437. The van der Waals surface area contributed by atoms with Gasteiger partial charge in [0.1, 0.15) is 13.7 Å². The van der Waals surface area contributed by atoms with Gasteiger partial charge < -0.3 is 10.3 Å². The van der Waals surface area contributed by atoms with Crippen LogP contribution in [0.1, 0.15) is 49.3 Å². The molecule has 7 heteroatoms. The van der Waals surface area contributed by atoms with Crippen molar-refractivity contribution in [3.8, 4) is 0 Å². The van der Waals surface area contributed by atoms with E-state index in [0.29, 0.717) is 12.5 Å². The van der Waals surface area contributed by atoms with Gasteiger partial charge >= 0.3 is 0 Å². The Morgan fingerprint density at radius 3 is 2.88 bits per heavy atom. The van der Waals surface area contributed by atoms with E-state index in [1.54, 1.807) is 12.3 Å². The highest BCUT2D eigenvalue weighted by Crippen LogP contribution is 2.32. The quantitative estimate of drug-likeness (QED) is 0.706. The number of aromatic amines is 1. The summed E-state index contributed by atoms with van der Waals surface area (Å²) in [7, 11) is 2.05. The number of hydrogen-bond donors (Lipinski definition) is 2. The summed E-state index contributed by atoms with van der Waals surface area (Å²) in [6.45, 7) is 0.624. The second-order valence-corrected chi connectivity index (χ2v) is 6.88. The van der Waals surface area contributed by atoms with Crippen LogP contribution in [0.15, 0.2) is 35.4 Å². The summed E-state index contributed by atoms with van der Waals surface area (Å²) in [5.41, 5.74) is 4.11. The summed E-state index contributed by atoms with van der Waals surface area (Å²) in [6.07, 6.45) is 9.95. The zero-order valence-electron chi connectivity index (χ0n) is 14.5. The van der Waals surface area contributed by atoms with E-state index in [2.05, 4.69) is 21.5 Å². The third-order valence-electron chi connectivity index (χ3n) is 5.01. The fraction of sp³-hybridized carbons (Fsp3) is 0.389. The number of nitrogens with zero attached hydrogens (tertiary/aromatic N) is 3. The number of H-pyrrole nitrogens is 1. The summed E-state index contributed by atoms with van der Waals surface area (Å²) in [4.78, 5) is 18.8. The highest BCUT2D eigenvalue weighted by Gasteiger charge is 2.19. The Morgan fingerprint density at radius 1 is 1.28 bits per heavy atom. The van der Waals surface area contributed by atoms with Gasteiger partial charge in [-0.25, -0.2) is 4.98 Å². The van der Waals surface area contributed by atoms with Gasteiger partial charge in [0.25, 0.3) is 0 Å². The average Bonchev–Trinajstić information content (AvgIpc) is 3.03. The molecule has 1 fully saturated rings. The molecule has 25 heavy (non-hydrogen) atoms. The minimum atomic E-state index is -0.0858. The molecule has 0 spiro atoms. The molecule has 0 unspecified atom stereocenters. The molecule has 1 aliphatic carbocycles. The van der Waals surface area contributed by atoms with Crippen molar-refractivity contribution in [1.29, 1.82) is 0 Å². The van der Waals surface area contributed by atoms with Crippen molar-refractivity contribution in [2.75, 3.05) is 5.32 Å². The molecule has 6 nitrogen and oxygen atoms in total. The van der Waals surface area contributed by atoms with E-state index >= 15 is 0 Å². The zero-order valence-corrected chi connectivity index (χ0v) is 14.5. The van der Waals surface area contributed by atoms with Crippen LogP contribution in [0.25, 0.3) is 5.65 Å². The molecule has 3 aromatic rings. The lowest BCUT2D eigenvalue weighted by Gasteiger charge is -2.22. The van der Waals surface area contributed by atoms with Crippen LogP contribution in [0.5, 0.6) is 0 Å². The summed E-state index contributed by atoms with van der Waals surface area (Å²) < 4.78 is 1.87. The van der Waals surface area contributed by atoms with Gasteiger partial charge in [-0.2, -0.15) is 9.61 Å². The number of aromatic nitrogens is 4. The van der Waals surface area contributed by atoms with E-state index in [1.165, 1.54) is 37.8 Å². The third-order valence-corrected chi connectivity index (χ3v) is 5.01. The van der Waals surface area contributed by atoms with E-state index in [4.69, 9.17) is 4.98 Å². The highest BCUT2D eigenvalue weighted by molar-refractivity contribution is 6.36. The summed E-state index contributed by atoms with van der Waals surface area (Å²) in [6, 6.07) is 5.52. The van der Waals surface area contributed by atoms with Crippen LogP contribution in [0, 0.1) is 0 Å². The molecular formula is C18H22BN5O. The van der Waals surface area contributed by atoms with Crippen LogP contribution in [-0.4, -0.2) is 27.4 Å². The molecule has 2 N–H and O–H groups in total. The molecule has 0 bridgehead atoms. The van der Waals surface area contributed by atoms with Crippen LogP contribution in [-0.2, 0) is 6.54 Å². The first-order valence-corrected chi connectivity index (χ1v) is 8.97. The minimum absolute atomic E-state index is 0.0858. The average molecular weight is 335 g/mol. The SMILES string of the molecule is Bc1cnn2c(NCc3ccc(=O)[nH]c3)cc(C3CCCCC3)nc12. The van der Waals surface area contributed by atoms with Crippen molar-refractivity contribution in [2.24, 2.45) is 0 Å². The summed E-state index contributed by atoms with van der Waals surface area (Å²) >= 11 is 0. The van der Waals surface area contributed by atoms with E-state index < -0.39 is 0 Å². The number of hydrogen-bond acceptors (Lipinski definition) is 4. The molecule has 128 valence electrons. The van der Waals surface area contributed by atoms with Crippen molar-refractivity contribution in [3.05, 3.63) is 52.2 Å². The lowest BCUT2D eigenvalue weighted by Crippen LogP contribution is -2.14. The molecular weight excluding hydrogens is 313 g/mol. The topological polar surface area (TPSA) is 75.1 Å². The summed E-state index contributed by atoms with van der Waals surface area (Å²) in [5.74, 6) is 1.49. The van der Waals surface area contributed by atoms with Gasteiger partial charge in [0, 0.05) is 42.7 Å². The van der Waals surface area contributed by atoms with Crippen molar-refractivity contribution in [1.82, 2.24) is 19.6 Å². The van der Waals surface area contributed by atoms with Crippen molar-refractivity contribution < 1.29 is 0 Å². The summed E-state index contributed by atoms with van der Waals surface area (Å²) in [5, 5.41) is 7.92. The first-order valence-electron chi connectivity index (χ1n) is 8.97. The lowest BCUT2D eigenvalue weighted by atomic mass is 9.86.